The minimum absolute atomic E-state index is 0.253. The standard InChI is InChI=1S/C18H31NS/c1-5-6-7-8-13-19-14-15-20-17-11-9-16(10-12-17)18(2,3)4/h9-12,19H,5-8,13-15H2,1-4H3. The van der Waals surface area contributed by atoms with Crippen molar-refractivity contribution in [2.45, 2.75) is 63.7 Å². The van der Waals surface area contributed by atoms with Crippen molar-refractivity contribution in [3.05, 3.63) is 29.8 Å². The molecule has 1 rings (SSSR count). The van der Waals surface area contributed by atoms with Crippen LogP contribution in [-0.2, 0) is 5.41 Å². The molecule has 0 aliphatic carbocycles. The van der Waals surface area contributed by atoms with Gasteiger partial charge >= 0.3 is 0 Å². The molecule has 0 atom stereocenters. The maximum Gasteiger partial charge on any atom is 0.0106 e. The highest BCUT2D eigenvalue weighted by Gasteiger charge is 2.12. The molecule has 0 unspecified atom stereocenters. The average Bonchev–Trinajstić information content (AvgIpc) is 2.41. The second-order valence-corrected chi connectivity index (χ2v) is 7.60. The van der Waals surface area contributed by atoms with Gasteiger partial charge in [0.25, 0.3) is 0 Å². The summed E-state index contributed by atoms with van der Waals surface area (Å²) in [6, 6.07) is 9.04. The molecule has 1 aromatic carbocycles. The molecule has 0 amide bonds. The van der Waals surface area contributed by atoms with Crippen molar-refractivity contribution >= 4 is 11.8 Å². The lowest BCUT2D eigenvalue weighted by Gasteiger charge is -2.19. The van der Waals surface area contributed by atoms with Crippen molar-refractivity contribution in [3.63, 3.8) is 0 Å². The summed E-state index contributed by atoms with van der Waals surface area (Å²) >= 11 is 1.95. The van der Waals surface area contributed by atoms with Crippen LogP contribution in [0.2, 0.25) is 0 Å². The van der Waals surface area contributed by atoms with Crippen molar-refractivity contribution in [1.29, 1.82) is 0 Å². The SMILES string of the molecule is CCCCCCNCCSc1ccc(C(C)(C)C)cc1. The molecule has 0 bridgehead atoms. The number of rotatable bonds is 9. The molecule has 0 aromatic heterocycles. The summed E-state index contributed by atoms with van der Waals surface area (Å²) in [6.45, 7) is 11.3. The van der Waals surface area contributed by atoms with E-state index in [1.807, 2.05) is 11.8 Å². The van der Waals surface area contributed by atoms with Crippen LogP contribution in [0.15, 0.2) is 29.2 Å². The summed E-state index contributed by atoms with van der Waals surface area (Å²) in [5.41, 5.74) is 1.67. The van der Waals surface area contributed by atoms with Gasteiger partial charge in [-0.1, -0.05) is 59.1 Å². The molecule has 114 valence electrons. The fourth-order valence-corrected chi connectivity index (χ4v) is 2.90. The molecule has 0 saturated heterocycles. The van der Waals surface area contributed by atoms with Gasteiger partial charge in [0.2, 0.25) is 0 Å². The van der Waals surface area contributed by atoms with Crippen LogP contribution in [0.4, 0.5) is 0 Å². The third-order valence-corrected chi connectivity index (χ3v) is 4.49. The van der Waals surface area contributed by atoms with Crippen LogP contribution in [0, 0.1) is 0 Å². The Morgan fingerprint density at radius 1 is 0.950 bits per heavy atom. The van der Waals surface area contributed by atoms with Gasteiger partial charge in [0.1, 0.15) is 0 Å². The second kappa shape index (κ2) is 9.46. The average molecular weight is 294 g/mol. The zero-order chi connectivity index (χ0) is 14.8. The van der Waals surface area contributed by atoms with Crippen LogP contribution in [0.1, 0.15) is 58.9 Å². The van der Waals surface area contributed by atoms with Crippen LogP contribution >= 0.6 is 11.8 Å². The Balaban J connectivity index is 2.13. The Kier molecular flexibility index (Phi) is 8.32. The molecule has 1 nitrogen and oxygen atoms in total. The molecule has 1 aromatic rings. The van der Waals surface area contributed by atoms with Crippen LogP contribution in [0.5, 0.6) is 0 Å². The molecule has 0 spiro atoms. The molecule has 0 aliphatic rings. The molecular formula is C18H31NS. The van der Waals surface area contributed by atoms with Gasteiger partial charge in [0.05, 0.1) is 0 Å². The number of thioether (sulfide) groups is 1. The largest absolute Gasteiger partial charge is 0.316 e. The topological polar surface area (TPSA) is 12.0 Å². The third kappa shape index (κ3) is 7.35. The first-order valence-electron chi connectivity index (χ1n) is 7.98. The van der Waals surface area contributed by atoms with Crippen LogP contribution < -0.4 is 5.32 Å². The number of hydrogen-bond donors (Lipinski definition) is 1. The fraction of sp³-hybridized carbons (Fsp3) is 0.667. The van der Waals surface area contributed by atoms with Crippen molar-refractivity contribution in [2.24, 2.45) is 0 Å². The van der Waals surface area contributed by atoms with Crippen LogP contribution in [0.25, 0.3) is 0 Å². The van der Waals surface area contributed by atoms with E-state index in [9.17, 15) is 0 Å². The van der Waals surface area contributed by atoms with E-state index < -0.39 is 0 Å². The lowest BCUT2D eigenvalue weighted by Crippen LogP contribution is -2.18. The fourth-order valence-electron chi connectivity index (χ4n) is 2.09. The maximum absolute atomic E-state index is 3.53. The van der Waals surface area contributed by atoms with E-state index in [2.05, 4.69) is 57.3 Å². The van der Waals surface area contributed by atoms with E-state index in [0.29, 0.717) is 0 Å². The summed E-state index contributed by atoms with van der Waals surface area (Å²) in [6.07, 6.45) is 5.38. The number of hydrogen-bond acceptors (Lipinski definition) is 2. The molecule has 0 heterocycles. The van der Waals surface area contributed by atoms with Gasteiger partial charge in [-0.3, -0.25) is 0 Å². The van der Waals surface area contributed by atoms with E-state index in [4.69, 9.17) is 0 Å². The summed E-state index contributed by atoms with van der Waals surface area (Å²) in [5.74, 6) is 1.16. The van der Waals surface area contributed by atoms with Gasteiger partial charge in [-0.15, -0.1) is 11.8 Å². The molecule has 0 aliphatic heterocycles. The summed E-state index contributed by atoms with van der Waals surface area (Å²) in [7, 11) is 0. The summed E-state index contributed by atoms with van der Waals surface area (Å²) in [4.78, 5) is 1.38. The van der Waals surface area contributed by atoms with E-state index in [1.165, 1.54) is 42.7 Å². The Morgan fingerprint density at radius 3 is 2.25 bits per heavy atom. The van der Waals surface area contributed by atoms with Gasteiger partial charge in [-0.25, -0.2) is 0 Å². The molecule has 0 radical (unpaired) electrons. The smallest absolute Gasteiger partial charge is 0.0106 e. The third-order valence-electron chi connectivity index (χ3n) is 3.48. The highest BCUT2D eigenvalue weighted by atomic mass is 32.2. The monoisotopic (exact) mass is 293 g/mol. The van der Waals surface area contributed by atoms with Gasteiger partial charge in [-0.2, -0.15) is 0 Å². The zero-order valence-corrected chi connectivity index (χ0v) is 14.5. The summed E-state index contributed by atoms with van der Waals surface area (Å²) in [5, 5.41) is 3.53. The molecule has 1 N–H and O–H groups in total. The highest BCUT2D eigenvalue weighted by Crippen LogP contribution is 2.25. The maximum atomic E-state index is 3.53. The first-order chi connectivity index (χ1) is 9.54. The van der Waals surface area contributed by atoms with E-state index in [-0.39, 0.29) is 5.41 Å². The quantitative estimate of drug-likeness (QED) is 0.493. The number of unbranched alkanes of at least 4 members (excludes halogenated alkanes) is 3. The van der Waals surface area contributed by atoms with Gasteiger partial charge in [0.15, 0.2) is 0 Å². The Labute approximate surface area is 129 Å². The molecule has 0 fully saturated rings. The van der Waals surface area contributed by atoms with E-state index in [1.54, 1.807) is 0 Å². The van der Waals surface area contributed by atoms with Crippen molar-refractivity contribution in [3.8, 4) is 0 Å². The minimum atomic E-state index is 0.253. The van der Waals surface area contributed by atoms with Crippen molar-refractivity contribution < 1.29 is 0 Å². The molecular weight excluding hydrogens is 262 g/mol. The Morgan fingerprint density at radius 2 is 1.65 bits per heavy atom. The molecule has 20 heavy (non-hydrogen) atoms. The second-order valence-electron chi connectivity index (χ2n) is 6.43. The van der Waals surface area contributed by atoms with Gasteiger partial charge < -0.3 is 5.32 Å². The molecule has 2 heteroatoms. The highest BCUT2D eigenvalue weighted by molar-refractivity contribution is 7.99. The normalized spacial score (nSPS) is 11.8. The van der Waals surface area contributed by atoms with E-state index in [0.717, 1.165) is 12.3 Å². The van der Waals surface area contributed by atoms with Gasteiger partial charge in [0, 0.05) is 17.2 Å². The van der Waals surface area contributed by atoms with E-state index >= 15 is 0 Å². The van der Waals surface area contributed by atoms with Crippen molar-refractivity contribution in [2.75, 3.05) is 18.8 Å². The number of nitrogens with one attached hydrogen (secondary N) is 1. The lowest BCUT2D eigenvalue weighted by atomic mass is 9.87. The first kappa shape index (κ1) is 17.6. The summed E-state index contributed by atoms with van der Waals surface area (Å²) < 4.78 is 0. The lowest BCUT2D eigenvalue weighted by molar-refractivity contribution is 0.589. The Bertz CT molecular complexity index is 351. The zero-order valence-electron chi connectivity index (χ0n) is 13.7. The predicted molar refractivity (Wildman–Crippen MR) is 92.9 cm³/mol. The van der Waals surface area contributed by atoms with Crippen molar-refractivity contribution in [1.82, 2.24) is 5.32 Å². The Hall–Kier alpha value is -0.470. The van der Waals surface area contributed by atoms with Crippen LogP contribution in [-0.4, -0.2) is 18.8 Å². The van der Waals surface area contributed by atoms with Crippen LogP contribution in [0.3, 0.4) is 0 Å². The van der Waals surface area contributed by atoms with Gasteiger partial charge in [-0.05, 0) is 36.1 Å². The molecule has 0 saturated carbocycles. The minimum Gasteiger partial charge on any atom is -0.316 e. The predicted octanol–water partition coefficient (Wildman–Crippen LogP) is 5.25. The number of benzene rings is 1. The first-order valence-corrected chi connectivity index (χ1v) is 8.96.